The molecule has 6 nitrogen and oxygen atoms in total. The molecule has 0 saturated heterocycles. The summed E-state index contributed by atoms with van der Waals surface area (Å²) in [6, 6.07) is 30.2. The average molecular weight is 532 g/mol. The van der Waals surface area contributed by atoms with Crippen LogP contribution in [0, 0.1) is 0 Å². The fraction of sp³-hybridized carbons (Fsp3) is 0.0938. The van der Waals surface area contributed by atoms with Crippen molar-refractivity contribution in [3.63, 3.8) is 0 Å². The number of para-hydroxylation sites is 1. The van der Waals surface area contributed by atoms with Crippen LogP contribution in [0.15, 0.2) is 118 Å². The molecule has 5 aromatic rings. The number of anilines is 1. The normalized spacial score (nSPS) is 15.1. The van der Waals surface area contributed by atoms with Crippen LogP contribution in [0.3, 0.4) is 0 Å². The number of allylic oxidation sites excluding steroid dienone is 1. The van der Waals surface area contributed by atoms with Crippen molar-refractivity contribution in [2.75, 3.05) is 12.4 Å². The second-order valence-electron chi connectivity index (χ2n) is 9.25. The molecule has 1 aliphatic rings. The number of hydrogen-bond acceptors (Lipinski definition) is 5. The highest BCUT2D eigenvalue weighted by Gasteiger charge is 2.32. The Bertz CT molecular complexity index is 1930. The van der Waals surface area contributed by atoms with Gasteiger partial charge < -0.3 is 10.1 Å². The molecule has 39 heavy (non-hydrogen) atoms. The van der Waals surface area contributed by atoms with Gasteiger partial charge in [0.25, 0.3) is 11.5 Å². The summed E-state index contributed by atoms with van der Waals surface area (Å²) in [6.45, 7) is 1.81. The number of thiazole rings is 1. The number of fused-ring (bicyclic) bond motifs is 2. The van der Waals surface area contributed by atoms with E-state index in [0.717, 1.165) is 21.9 Å². The average Bonchev–Trinajstić information content (AvgIpc) is 3.27. The minimum absolute atomic E-state index is 0.197. The monoisotopic (exact) mass is 531 g/mol. The summed E-state index contributed by atoms with van der Waals surface area (Å²) in [5.41, 5.74) is 3.16. The van der Waals surface area contributed by atoms with E-state index in [4.69, 9.17) is 9.73 Å². The predicted molar refractivity (Wildman–Crippen MR) is 156 cm³/mol. The Kier molecular flexibility index (Phi) is 6.42. The van der Waals surface area contributed by atoms with E-state index in [1.807, 2.05) is 97.9 Å². The number of nitrogens with zero attached hydrogens (tertiary/aromatic N) is 2. The summed E-state index contributed by atoms with van der Waals surface area (Å²) in [7, 11) is 1.60. The van der Waals surface area contributed by atoms with Crippen molar-refractivity contribution in [2.45, 2.75) is 13.0 Å². The molecule has 0 bridgehead atoms. The maximum atomic E-state index is 14.0. The maximum Gasteiger partial charge on any atom is 0.271 e. The van der Waals surface area contributed by atoms with E-state index in [1.54, 1.807) is 11.7 Å². The van der Waals surface area contributed by atoms with Crippen molar-refractivity contribution in [3.8, 4) is 5.75 Å². The molecule has 0 spiro atoms. The maximum absolute atomic E-state index is 14.0. The molecule has 4 aromatic carbocycles. The van der Waals surface area contributed by atoms with Gasteiger partial charge in [0.05, 0.1) is 29.0 Å². The molecule has 6 rings (SSSR count). The molecule has 0 fully saturated rings. The predicted octanol–water partition coefficient (Wildman–Crippen LogP) is 5.04. The van der Waals surface area contributed by atoms with Gasteiger partial charge in [0, 0.05) is 5.69 Å². The van der Waals surface area contributed by atoms with Gasteiger partial charge in [0.1, 0.15) is 5.75 Å². The molecule has 1 aromatic heterocycles. The quantitative estimate of drug-likeness (QED) is 0.346. The van der Waals surface area contributed by atoms with Gasteiger partial charge in [-0.2, -0.15) is 0 Å². The van der Waals surface area contributed by atoms with Gasteiger partial charge in [-0.1, -0.05) is 84.1 Å². The number of nitrogens with one attached hydrogen (secondary N) is 1. The molecular formula is C32H25N3O3S. The topological polar surface area (TPSA) is 72.7 Å². The highest BCUT2D eigenvalue weighted by molar-refractivity contribution is 7.07. The van der Waals surface area contributed by atoms with Crippen LogP contribution in [0.2, 0.25) is 0 Å². The zero-order valence-electron chi connectivity index (χ0n) is 21.4. The van der Waals surface area contributed by atoms with Crippen LogP contribution in [0.4, 0.5) is 5.69 Å². The lowest BCUT2D eigenvalue weighted by Crippen LogP contribution is -2.40. The first-order chi connectivity index (χ1) is 19.0. The zero-order chi connectivity index (χ0) is 26.9. The fourth-order valence-electron chi connectivity index (χ4n) is 4.98. The van der Waals surface area contributed by atoms with Gasteiger partial charge in [-0.25, -0.2) is 4.99 Å². The molecule has 1 N–H and O–H groups in total. The SMILES string of the molecule is COc1cccc(C2C(C(=O)Nc3ccccc3)=C(C)N=c3s/c(=C/c4cccc5ccccc45)c(=O)n32)c1. The van der Waals surface area contributed by atoms with Gasteiger partial charge >= 0.3 is 0 Å². The number of carbonyl (C=O) groups is 1. The second-order valence-corrected chi connectivity index (χ2v) is 10.3. The van der Waals surface area contributed by atoms with E-state index in [-0.39, 0.29) is 11.5 Å². The third-order valence-electron chi connectivity index (χ3n) is 6.82. The lowest BCUT2D eigenvalue weighted by atomic mass is 9.95. The molecule has 0 aliphatic carbocycles. The van der Waals surface area contributed by atoms with E-state index in [2.05, 4.69) is 17.4 Å². The molecule has 0 radical (unpaired) electrons. The van der Waals surface area contributed by atoms with Gasteiger partial charge in [-0.05, 0) is 59.2 Å². The zero-order valence-corrected chi connectivity index (χ0v) is 22.2. The lowest BCUT2D eigenvalue weighted by Gasteiger charge is -2.25. The minimum atomic E-state index is -0.672. The Balaban J connectivity index is 1.54. The smallest absolute Gasteiger partial charge is 0.271 e. The highest BCUT2D eigenvalue weighted by atomic mass is 32.1. The molecule has 0 saturated carbocycles. The Morgan fingerprint density at radius 3 is 2.54 bits per heavy atom. The van der Waals surface area contributed by atoms with Crippen LogP contribution in [0.1, 0.15) is 24.1 Å². The van der Waals surface area contributed by atoms with Crippen molar-refractivity contribution >= 4 is 39.8 Å². The highest BCUT2D eigenvalue weighted by Crippen LogP contribution is 2.32. The summed E-state index contributed by atoms with van der Waals surface area (Å²) < 4.78 is 7.66. The van der Waals surface area contributed by atoms with Gasteiger partial charge in [0.15, 0.2) is 4.80 Å². The molecule has 1 aliphatic heterocycles. The molecule has 192 valence electrons. The minimum Gasteiger partial charge on any atom is -0.497 e. The number of methoxy groups -OCH3 is 1. The number of amides is 1. The molecular weight excluding hydrogens is 506 g/mol. The van der Waals surface area contributed by atoms with E-state index in [0.29, 0.717) is 32.0 Å². The number of benzene rings is 4. The summed E-state index contributed by atoms with van der Waals surface area (Å²) >= 11 is 1.33. The van der Waals surface area contributed by atoms with Crippen LogP contribution in [0.25, 0.3) is 16.8 Å². The van der Waals surface area contributed by atoms with Gasteiger partial charge in [0.2, 0.25) is 0 Å². The van der Waals surface area contributed by atoms with Crippen molar-refractivity contribution in [1.82, 2.24) is 4.57 Å². The lowest BCUT2D eigenvalue weighted by molar-refractivity contribution is -0.113. The summed E-state index contributed by atoms with van der Waals surface area (Å²) in [5, 5.41) is 5.14. The number of hydrogen-bond donors (Lipinski definition) is 1. The van der Waals surface area contributed by atoms with E-state index in [9.17, 15) is 9.59 Å². The van der Waals surface area contributed by atoms with E-state index < -0.39 is 6.04 Å². The Morgan fingerprint density at radius 2 is 1.72 bits per heavy atom. The number of ether oxygens (including phenoxy) is 1. The largest absolute Gasteiger partial charge is 0.497 e. The Morgan fingerprint density at radius 1 is 0.974 bits per heavy atom. The number of aromatic nitrogens is 1. The van der Waals surface area contributed by atoms with Crippen LogP contribution in [-0.2, 0) is 4.79 Å². The van der Waals surface area contributed by atoms with Crippen molar-refractivity contribution in [1.29, 1.82) is 0 Å². The molecule has 1 atom stereocenters. The first-order valence-electron chi connectivity index (χ1n) is 12.5. The van der Waals surface area contributed by atoms with Crippen LogP contribution in [-0.4, -0.2) is 17.6 Å². The summed E-state index contributed by atoms with van der Waals surface area (Å²) in [6.07, 6.45) is 1.91. The van der Waals surface area contributed by atoms with Gasteiger partial charge in [-0.15, -0.1) is 0 Å². The molecule has 7 heteroatoms. The van der Waals surface area contributed by atoms with Gasteiger partial charge in [-0.3, -0.25) is 14.2 Å². The third-order valence-corrected chi connectivity index (χ3v) is 7.80. The molecule has 1 unspecified atom stereocenters. The van der Waals surface area contributed by atoms with E-state index in [1.165, 1.54) is 11.3 Å². The van der Waals surface area contributed by atoms with Crippen molar-refractivity contribution in [2.24, 2.45) is 4.99 Å². The second kappa shape index (κ2) is 10.2. The first kappa shape index (κ1) is 24.6. The first-order valence-corrected chi connectivity index (χ1v) is 13.4. The molecule has 1 amide bonds. The number of rotatable bonds is 5. The van der Waals surface area contributed by atoms with Crippen LogP contribution >= 0.6 is 11.3 Å². The molecule has 2 heterocycles. The van der Waals surface area contributed by atoms with Crippen molar-refractivity contribution in [3.05, 3.63) is 139 Å². The third kappa shape index (κ3) is 4.57. The fourth-order valence-corrected chi connectivity index (χ4v) is 6.01. The Labute approximate surface area is 228 Å². The van der Waals surface area contributed by atoms with Crippen molar-refractivity contribution < 1.29 is 9.53 Å². The summed E-state index contributed by atoms with van der Waals surface area (Å²) in [4.78, 5) is 33.0. The van der Waals surface area contributed by atoms with E-state index >= 15 is 0 Å². The Hall–Kier alpha value is -4.75. The van der Waals surface area contributed by atoms with Crippen LogP contribution in [0.5, 0.6) is 5.75 Å². The standard InChI is InChI=1S/C32H25N3O3S/c1-20-28(30(36)34-24-14-4-3-5-15-24)29(23-13-9-16-25(18-23)38-2)35-31(37)27(39-32(35)33-20)19-22-12-8-11-21-10-6-7-17-26(21)22/h3-19,29H,1-2H3,(H,34,36)/b27-19+. The van der Waals surface area contributed by atoms with Crippen LogP contribution < -0.4 is 24.9 Å². The summed E-state index contributed by atoms with van der Waals surface area (Å²) in [5.74, 6) is 0.335. The number of carbonyl (C=O) groups excluding carboxylic acids is 1.